The predicted molar refractivity (Wildman–Crippen MR) is 115 cm³/mol. The fourth-order valence-corrected chi connectivity index (χ4v) is 5.26. The fraction of sp³-hybridized carbons (Fsp3) is 0.773. The van der Waals surface area contributed by atoms with Crippen LogP contribution in [0.4, 0.5) is 0 Å². The van der Waals surface area contributed by atoms with Gasteiger partial charge in [-0.05, 0) is 56.3 Å². The van der Waals surface area contributed by atoms with E-state index in [1.807, 2.05) is 6.08 Å². The zero-order valence-electron chi connectivity index (χ0n) is 17.8. The Morgan fingerprint density at radius 2 is 1.72 bits per heavy atom. The molecule has 1 aliphatic carbocycles. The quantitative estimate of drug-likeness (QED) is 0.220. The van der Waals surface area contributed by atoms with Crippen molar-refractivity contribution in [1.82, 2.24) is 0 Å². The van der Waals surface area contributed by atoms with Crippen LogP contribution < -0.4 is 0 Å². The van der Waals surface area contributed by atoms with Crippen molar-refractivity contribution in [2.45, 2.75) is 76.9 Å². The monoisotopic (exact) mass is 430 g/mol. The minimum Gasteiger partial charge on any atom is -0.477 e. The van der Waals surface area contributed by atoms with Crippen LogP contribution in [-0.4, -0.2) is 47.5 Å². The molecule has 0 saturated heterocycles. The Labute approximate surface area is 175 Å². The fourth-order valence-electron chi connectivity index (χ4n) is 4.09. The molecule has 3 atom stereocenters. The highest BCUT2D eigenvalue weighted by Gasteiger charge is 2.35. The Kier molecular flexibility index (Phi) is 11.1. The van der Waals surface area contributed by atoms with Crippen molar-refractivity contribution in [3.63, 3.8) is 0 Å². The van der Waals surface area contributed by atoms with E-state index in [0.29, 0.717) is 5.92 Å². The summed E-state index contributed by atoms with van der Waals surface area (Å²) in [5, 5.41) is 27.3. The lowest BCUT2D eigenvalue weighted by Gasteiger charge is -2.21. The van der Waals surface area contributed by atoms with Gasteiger partial charge in [-0.15, -0.1) is 0 Å². The van der Waals surface area contributed by atoms with Crippen LogP contribution in [-0.2, 0) is 14.6 Å². The second kappa shape index (κ2) is 12.5. The van der Waals surface area contributed by atoms with E-state index in [0.717, 1.165) is 32.1 Å². The number of aliphatic hydroxyl groups is 2. The lowest BCUT2D eigenvalue weighted by molar-refractivity contribution is -0.205. The highest BCUT2D eigenvalue weighted by atomic mass is 32.2. The largest absolute Gasteiger partial charge is 0.477 e. The van der Waals surface area contributed by atoms with Crippen molar-refractivity contribution in [2.75, 3.05) is 12.0 Å². The summed E-state index contributed by atoms with van der Waals surface area (Å²) < 4.78 is 23.6. The van der Waals surface area contributed by atoms with Crippen LogP contribution in [0.25, 0.3) is 0 Å². The van der Waals surface area contributed by atoms with Gasteiger partial charge in [0.15, 0.2) is 0 Å². The SMILES string of the molecule is CCCCCC/C=C/[C@@H]1[C@@H](C/C=C\CCC(O)(O)C(=O)O)CC[C@H]1CS(C)(=O)=O. The molecule has 1 fully saturated rings. The molecule has 1 rings (SSSR count). The molecule has 0 aromatic rings. The van der Waals surface area contributed by atoms with Gasteiger partial charge in [-0.3, -0.25) is 0 Å². The highest BCUT2D eigenvalue weighted by Crippen LogP contribution is 2.41. The first-order chi connectivity index (χ1) is 13.6. The molecule has 0 amide bonds. The molecule has 3 N–H and O–H groups in total. The van der Waals surface area contributed by atoms with Gasteiger partial charge in [0.2, 0.25) is 0 Å². The molecule has 0 unspecified atom stereocenters. The molecule has 168 valence electrons. The van der Waals surface area contributed by atoms with Crippen molar-refractivity contribution in [3.05, 3.63) is 24.3 Å². The standard InChI is InChI=1S/C22H38O6S/c1-3-4-5-6-7-10-13-20-18(14-15-19(20)17-29(2,27)28)12-9-8-11-16-22(25,26)21(23)24/h8-10,13,18-20,25-26H,3-7,11-12,14-17H2,1-2H3,(H,23,24)/b9-8-,13-10+/t18-,19-,20+/m0/s1. The molecular formula is C22H38O6S. The number of rotatable bonds is 14. The molecule has 6 nitrogen and oxygen atoms in total. The second-order valence-corrected chi connectivity index (χ2v) is 10.6. The van der Waals surface area contributed by atoms with Crippen molar-refractivity contribution in [3.8, 4) is 0 Å². The molecule has 1 aliphatic rings. The zero-order chi connectivity index (χ0) is 21.9. The number of allylic oxidation sites excluding steroid dienone is 4. The van der Waals surface area contributed by atoms with E-state index in [1.165, 1.54) is 25.5 Å². The van der Waals surface area contributed by atoms with Crippen molar-refractivity contribution >= 4 is 15.8 Å². The molecule has 7 heteroatoms. The Hall–Kier alpha value is -1.18. The van der Waals surface area contributed by atoms with Crippen molar-refractivity contribution < 1.29 is 28.5 Å². The van der Waals surface area contributed by atoms with E-state index in [1.54, 1.807) is 6.08 Å². The van der Waals surface area contributed by atoms with E-state index in [4.69, 9.17) is 5.11 Å². The van der Waals surface area contributed by atoms with Gasteiger partial charge in [-0.1, -0.05) is 50.5 Å². The summed E-state index contributed by atoms with van der Waals surface area (Å²) >= 11 is 0. The molecule has 0 aliphatic heterocycles. The van der Waals surface area contributed by atoms with Gasteiger partial charge < -0.3 is 15.3 Å². The van der Waals surface area contributed by atoms with Gasteiger partial charge >= 0.3 is 5.97 Å². The number of hydrogen-bond acceptors (Lipinski definition) is 5. The molecule has 0 heterocycles. The van der Waals surface area contributed by atoms with Crippen LogP contribution in [0.2, 0.25) is 0 Å². The Morgan fingerprint density at radius 3 is 2.34 bits per heavy atom. The van der Waals surface area contributed by atoms with Gasteiger partial charge in [-0.25, -0.2) is 13.2 Å². The van der Waals surface area contributed by atoms with E-state index < -0.39 is 21.6 Å². The summed E-state index contributed by atoms with van der Waals surface area (Å²) in [5.41, 5.74) is 0. The third-order valence-electron chi connectivity index (χ3n) is 5.70. The summed E-state index contributed by atoms with van der Waals surface area (Å²) in [7, 11) is -3.02. The normalized spacial score (nSPS) is 23.4. The molecule has 0 radical (unpaired) electrons. The van der Waals surface area contributed by atoms with E-state index in [-0.39, 0.29) is 30.4 Å². The van der Waals surface area contributed by atoms with Gasteiger partial charge in [0.25, 0.3) is 5.79 Å². The molecular weight excluding hydrogens is 392 g/mol. The maximum Gasteiger partial charge on any atom is 0.364 e. The van der Waals surface area contributed by atoms with E-state index in [2.05, 4.69) is 19.1 Å². The van der Waals surface area contributed by atoms with Crippen molar-refractivity contribution in [2.24, 2.45) is 17.8 Å². The zero-order valence-corrected chi connectivity index (χ0v) is 18.6. The number of carbonyl (C=O) groups is 1. The minimum absolute atomic E-state index is 0.143. The second-order valence-electron chi connectivity index (χ2n) is 8.41. The third-order valence-corrected chi connectivity index (χ3v) is 6.74. The minimum atomic E-state index is -3.02. The molecule has 0 aromatic heterocycles. The lowest BCUT2D eigenvalue weighted by Crippen LogP contribution is -2.37. The van der Waals surface area contributed by atoms with E-state index >= 15 is 0 Å². The Morgan fingerprint density at radius 1 is 1.03 bits per heavy atom. The predicted octanol–water partition coefficient (Wildman–Crippen LogP) is 3.69. The summed E-state index contributed by atoms with van der Waals surface area (Å²) in [5.74, 6) is -3.39. The maximum absolute atomic E-state index is 11.8. The van der Waals surface area contributed by atoms with Crippen LogP contribution in [0.3, 0.4) is 0 Å². The smallest absolute Gasteiger partial charge is 0.364 e. The first kappa shape index (κ1) is 25.9. The molecule has 0 bridgehead atoms. The average molecular weight is 431 g/mol. The van der Waals surface area contributed by atoms with Crippen LogP contribution in [0.1, 0.15) is 71.1 Å². The number of carboxylic acid groups (broad SMARTS) is 1. The summed E-state index contributed by atoms with van der Waals surface area (Å²) in [6, 6.07) is 0. The van der Waals surface area contributed by atoms with Gasteiger partial charge in [0.1, 0.15) is 9.84 Å². The van der Waals surface area contributed by atoms with Crippen molar-refractivity contribution in [1.29, 1.82) is 0 Å². The summed E-state index contributed by atoms with van der Waals surface area (Å²) in [6.07, 6.45) is 17.9. The molecule has 29 heavy (non-hydrogen) atoms. The average Bonchev–Trinajstić information content (AvgIpc) is 2.97. The molecule has 1 saturated carbocycles. The van der Waals surface area contributed by atoms with Crippen LogP contribution in [0, 0.1) is 17.8 Å². The van der Waals surface area contributed by atoms with Crippen LogP contribution in [0.15, 0.2) is 24.3 Å². The number of sulfone groups is 1. The van der Waals surface area contributed by atoms with Crippen LogP contribution >= 0.6 is 0 Å². The maximum atomic E-state index is 11.8. The van der Waals surface area contributed by atoms with Gasteiger partial charge in [0, 0.05) is 12.7 Å². The first-order valence-electron chi connectivity index (χ1n) is 10.7. The topological polar surface area (TPSA) is 112 Å². The van der Waals surface area contributed by atoms with Gasteiger partial charge in [0.05, 0.1) is 5.75 Å². The lowest BCUT2D eigenvalue weighted by atomic mass is 9.87. The highest BCUT2D eigenvalue weighted by molar-refractivity contribution is 7.90. The number of carboxylic acids is 1. The Balaban J connectivity index is 2.61. The molecule has 0 spiro atoms. The number of hydrogen-bond donors (Lipinski definition) is 3. The number of aliphatic carboxylic acids is 1. The summed E-state index contributed by atoms with van der Waals surface area (Å²) in [6.45, 7) is 2.19. The first-order valence-corrected chi connectivity index (χ1v) is 12.8. The third kappa shape index (κ3) is 10.4. The Bertz CT molecular complexity index is 650. The molecule has 0 aromatic carbocycles. The van der Waals surface area contributed by atoms with E-state index in [9.17, 15) is 23.4 Å². The number of unbranched alkanes of at least 4 members (excludes halogenated alkanes) is 4. The van der Waals surface area contributed by atoms with Crippen LogP contribution in [0.5, 0.6) is 0 Å². The summed E-state index contributed by atoms with van der Waals surface area (Å²) in [4.78, 5) is 10.7. The van der Waals surface area contributed by atoms with Gasteiger partial charge in [-0.2, -0.15) is 0 Å².